The summed E-state index contributed by atoms with van der Waals surface area (Å²) in [4.78, 5) is 11.6. The van der Waals surface area contributed by atoms with Crippen LogP contribution in [0.25, 0.3) is 0 Å². The minimum atomic E-state index is -0.340. The number of rotatable bonds is 6. The molecule has 6 heteroatoms. The molecule has 0 aliphatic heterocycles. The Balaban J connectivity index is 2.25. The zero-order valence-corrected chi connectivity index (χ0v) is 13.1. The highest BCUT2D eigenvalue weighted by atomic mass is 35.5. The number of para-hydroxylation sites is 1. The van der Waals surface area contributed by atoms with Crippen molar-refractivity contribution in [3.63, 3.8) is 0 Å². The Morgan fingerprint density at radius 3 is 2.67 bits per heavy atom. The van der Waals surface area contributed by atoms with Gasteiger partial charge in [0.25, 0.3) is 0 Å². The first-order valence-corrected chi connectivity index (χ1v) is 7.87. The molecule has 1 N–H and O–H groups in total. The highest BCUT2D eigenvalue weighted by Gasteiger charge is 2.19. The molecule has 0 heterocycles. The molecule has 0 saturated carbocycles. The van der Waals surface area contributed by atoms with Crippen LogP contribution in [-0.2, 0) is 5.75 Å². The molecular formula is C15H15ClN2O2S. The normalized spacial score (nSPS) is 10.4. The summed E-state index contributed by atoms with van der Waals surface area (Å²) in [6.45, 7) is 2.55. The minimum absolute atomic E-state index is 0.122. The van der Waals surface area contributed by atoms with Crippen molar-refractivity contribution in [1.29, 1.82) is 0 Å². The Hall–Kier alpha value is -1.72. The zero-order valence-electron chi connectivity index (χ0n) is 11.5. The lowest BCUT2D eigenvalue weighted by Crippen LogP contribution is -2.02. The fourth-order valence-corrected chi connectivity index (χ4v) is 3.27. The zero-order chi connectivity index (χ0) is 15.2. The lowest BCUT2D eigenvalue weighted by Gasteiger charge is -2.09. The first-order valence-electron chi connectivity index (χ1n) is 6.51. The van der Waals surface area contributed by atoms with Gasteiger partial charge in [0.05, 0.1) is 9.82 Å². The summed E-state index contributed by atoms with van der Waals surface area (Å²) in [6, 6.07) is 12.8. The molecule has 0 bridgehead atoms. The largest absolute Gasteiger partial charge is 0.380 e. The van der Waals surface area contributed by atoms with Crippen LogP contribution in [0.1, 0.15) is 12.5 Å². The lowest BCUT2D eigenvalue weighted by atomic mass is 10.2. The van der Waals surface area contributed by atoms with Crippen LogP contribution in [-0.4, -0.2) is 11.5 Å². The Morgan fingerprint density at radius 1 is 1.24 bits per heavy atom. The number of nitro groups is 1. The van der Waals surface area contributed by atoms with Gasteiger partial charge in [-0.25, -0.2) is 0 Å². The molecule has 0 aliphatic carbocycles. The Bertz CT molecular complexity index is 649. The summed E-state index contributed by atoms with van der Waals surface area (Å²) in [6.07, 6.45) is 0. The van der Waals surface area contributed by atoms with Gasteiger partial charge >= 0.3 is 5.69 Å². The summed E-state index contributed by atoms with van der Waals surface area (Å²) in [5, 5.41) is 15.0. The molecule has 0 fully saturated rings. The number of anilines is 1. The number of nitrogens with one attached hydrogen (secondary N) is 1. The van der Waals surface area contributed by atoms with E-state index in [2.05, 4.69) is 5.32 Å². The number of thioether (sulfide) groups is 1. The Labute approximate surface area is 132 Å². The van der Waals surface area contributed by atoms with Gasteiger partial charge in [-0.3, -0.25) is 10.1 Å². The third-order valence-electron chi connectivity index (χ3n) is 2.89. The highest BCUT2D eigenvalue weighted by molar-refractivity contribution is 7.98. The van der Waals surface area contributed by atoms with Crippen LogP contribution in [0.2, 0.25) is 5.02 Å². The van der Waals surface area contributed by atoms with E-state index in [4.69, 9.17) is 11.6 Å². The van der Waals surface area contributed by atoms with Gasteiger partial charge in [-0.15, -0.1) is 11.8 Å². The molecule has 21 heavy (non-hydrogen) atoms. The monoisotopic (exact) mass is 322 g/mol. The average Bonchev–Trinajstić information content (AvgIpc) is 2.46. The SMILES string of the molecule is CCNc1cccc(SCc2ccccc2Cl)c1[N+](=O)[O-]. The van der Waals surface area contributed by atoms with E-state index in [1.165, 1.54) is 11.8 Å². The van der Waals surface area contributed by atoms with E-state index in [-0.39, 0.29) is 10.6 Å². The highest BCUT2D eigenvalue weighted by Crippen LogP contribution is 2.37. The fraction of sp³-hybridized carbons (Fsp3) is 0.200. The molecule has 110 valence electrons. The maximum absolute atomic E-state index is 11.3. The molecule has 0 unspecified atom stereocenters. The summed E-state index contributed by atoms with van der Waals surface area (Å²) in [5.41, 5.74) is 1.63. The van der Waals surface area contributed by atoms with Gasteiger partial charge in [-0.1, -0.05) is 35.9 Å². The van der Waals surface area contributed by atoms with Crippen molar-refractivity contribution in [3.8, 4) is 0 Å². The third-order valence-corrected chi connectivity index (χ3v) is 4.35. The standard InChI is InChI=1S/C15H15ClN2O2S/c1-2-17-13-8-5-9-14(15(13)18(19)20)21-10-11-6-3-4-7-12(11)16/h3-9,17H,2,10H2,1H3. The van der Waals surface area contributed by atoms with E-state index in [0.29, 0.717) is 27.9 Å². The van der Waals surface area contributed by atoms with Crippen molar-refractivity contribution in [1.82, 2.24) is 0 Å². The first-order chi connectivity index (χ1) is 10.1. The molecule has 0 atom stereocenters. The van der Waals surface area contributed by atoms with Crippen molar-refractivity contribution in [2.75, 3.05) is 11.9 Å². The Morgan fingerprint density at radius 2 is 2.00 bits per heavy atom. The number of nitrogens with zero attached hydrogens (tertiary/aromatic N) is 1. The van der Waals surface area contributed by atoms with E-state index in [1.54, 1.807) is 12.1 Å². The lowest BCUT2D eigenvalue weighted by molar-refractivity contribution is -0.386. The summed E-state index contributed by atoms with van der Waals surface area (Å²) in [7, 11) is 0. The molecule has 0 aromatic heterocycles. The molecular weight excluding hydrogens is 308 g/mol. The third kappa shape index (κ3) is 3.89. The molecule has 4 nitrogen and oxygen atoms in total. The van der Waals surface area contributed by atoms with Crippen LogP contribution in [0.3, 0.4) is 0 Å². The summed E-state index contributed by atoms with van der Waals surface area (Å²) >= 11 is 7.53. The number of benzene rings is 2. The fourth-order valence-electron chi connectivity index (χ4n) is 1.93. The second kappa shape index (κ2) is 7.33. The number of hydrogen-bond acceptors (Lipinski definition) is 4. The van der Waals surface area contributed by atoms with Crippen LogP contribution < -0.4 is 5.32 Å². The van der Waals surface area contributed by atoms with E-state index >= 15 is 0 Å². The number of halogens is 1. The predicted molar refractivity (Wildman–Crippen MR) is 88.3 cm³/mol. The molecule has 0 amide bonds. The van der Waals surface area contributed by atoms with Crippen LogP contribution in [0.4, 0.5) is 11.4 Å². The van der Waals surface area contributed by atoms with Crippen molar-refractivity contribution in [3.05, 3.63) is 63.2 Å². The quantitative estimate of drug-likeness (QED) is 0.463. The van der Waals surface area contributed by atoms with Gasteiger partial charge in [0.2, 0.25) is 0 Å². The van der Waals surface area contributed by atoms with Crippen LogP contribution >= 0.6 is 23.4 Å². The van der Waals surface area contributed by atoms with Gasteiger partial charge < -0.3 is 5.32 Å². The summed E-state index contributed by atoms with van der Waals surface area (Å²) in [5.74, 6) is 0.593. The van der Waals surface area contributed by atoms with Gasteiger partial charge in [0.15, 0.2) is 0 Å². The van der Waals surface area contributed by atoms with Crippen LogP contribution in [0, 0.1) is 10.1 Å². The predicted octanol–water partition coefficient (Wildman–Crippen LogP) is 4.97. The smallest absolute Gasteiger partial charge is 0.305 e. The van der Waals surface area contributed by atoms with Gasteiger partial charge in [0, 0.05) is 17.3 Å². The van der Waals surface area contributed by atoms with Crippen LogP contribution in [0.5, 0.6) is 0 Å². The second-order valence-electron chi connectivity index (χ2n) is 4.32. The van der Waals surface area contributed by atoms with Gasteiger partial charge in [-0.05, 0) is 30.7 Å². The van der Waals surface area contributed by atoms with Crippen LogP contribution in [0.15, 0.2) is 47.4 Å². The van der Waals surface area contributed by atoms with E-state index in [1.807, 2.05) is 37.3 Å². The average molecular weight is 323 g/mol. The molecule has 0 saturated heterocycles. The van der Waals surface area contributed by atoms with Crippen molar-refractivity contribution < 1.29 is 4.92 Å². The molecule has 0 spiro atoms. The minimum Gasteiger partial charge on any atom is -0.380 e. The van der Waals surface area contributed by atoms with Crippen molar-refractivity contribution in [2.45, 2.75) is 17.6 Å². The summed E-state index contributed by atoms with van der Waals surface area (Å²) < 4.78 is 0. The van der Waals surface area contributed by atoms with E-state index < -0.39 is 0 Å². The molecule has 2 rings (SSSR count). The van der Waals surface area contributed by atoms with Gasteiger partial charge in [-0.2, -0.15) is 0 Å². The molecule has 0 aliphatic rings. The van der Waals surface area contributed by atoms with Crippen molar-refractivity contribution >= 4 is 34.7 Å². The first kappa shape index (κ1) is 15.7. The second-order valence-corrected chi connectivity index (χ2v) is 5.74. The van der Waals surface area contributed by atoms with Gasteiger partial charge in [0.1, 0.15) is 5.69 Å². The maximum Gasteiger partial charge on any atom is 0.305 e. The number of nitro benzene ring substituents is 1. The van der Waals surface area contributed by atoms with Crippen molar-refractivity contribution in [2.24, 2.45) is 0 Å². The number of hydrogen-bond donors (Lipinski definition) is 1. The molecule has 2 aromatic carbocycles. The Kier molecular flexibility index (Phi) is 5.47. The van der Waals surface area contributed by atoms with E-state index in [9.17, 15) is 10.1 Å². The maximum atomic E-state index is 11.3. The molecule has 0 radical (unpaired) electrons. The molecule has 2 aromatic rings. The topological polar surface area (TPSA) is 55.2 Å². The van der Waals surface area contributed by atoms with E-state index in [0.717, 1.165) is 5.56 Å².